The molecule has 0 aliphatic heterocycles. The molecule has 11 heteroatoms. The van der Waals surface area contributed by atoms with Gasteiger partial charge in [0.1, 0.15) is 5.25 Å². The highest BCUT2D eigenvalue weighted by Gasteiger charge is 2.19. The zero-order chi connectivity index (χ0) is 17.7. The van der Waals surface area contributed by atoms with E-state index in [1.54, 1.807) is 19.1 Å². The van der Waals surface area contributed by atoms with Gasteiger partial charge in [-0.05, 0) is 24.6 Å². The van der Waals surface area contributed by atoms with Crippen LogP contribution in [0.1, 0.15) is 13.3 Å². The third kappa shape index (κ3) is 5.23. The summed E-state index contributed by atoms with van der Waals surface area (Å²) in [6.45, 7) is 1.77. The van der Waals surface area contributed by atoms with Gasteiger partial charge in [0.25, 0.3) is 0 Å². The number of carbonyl (C=O) groups is 2. The SMILES string of the molecule is CC[C@@H](Sc1nnc(NC(=O)Nc2ccc(Cl)c(Cl)c2)s1)C(=O)O. The van der Waals surface area contributed by atoms with Gasteiger partial charge in [-0.15, -0.1) is 10.2 Å². The average Bonchev–Trinajstić information content (AvgIpc) is 2.95. The number of aliphatic carboxylic acids is 1. The molecule has 0 fully saturated rings. The van der Waals surface area contributed by atoms with Crippen molar-refractivity contribution in [3.63, 3.8) is 0 Å². The normalized spacial score (nSPS) is 11.8. The summed E-state index contributed by atoms with van der Waals surface area (Å²) in [6.07, 6.45) is 0.458. The molecule has 24 heavy (non-hydrogen) atoms. The second-order valence-corrected chi connectivity index (χ2v) is 7.68. The van der Waals surface area contributed by atoms with Crippen LogP contribution in [-0.4, -0.2) is 32.6 Å². The maximum Gasteiger partial charge on any atom is 0.325 e. The molecule has 1 aromatic carbocycles. The molecule has 1 atom stereocenters. The molecular weight excluding hydrogens is 395 g/mol. The molecule has 0 saturated carbocycles. The van der Waals surface area contributed by atoms with Gasteiger partial charge >= 0.3 is 12.0 Å². The van der Waals surface area contributed by atoms with Crippen molar-refractivity contribution in [3.8, 4) is 0 Å². The van der Waals surface area contributed by atoms with Crippen LogP contribution in [0, 0.1) is 0 Å². The van der Waals surface area contributed by atoms with E-state index in [9.17, 15) is 9.59 Å². The van der Waals surface area contributed by atoms with Crippen LogP contribution in [0.2, 0.25) is 10.0 Å². The van der Waals surface area contributed by atoms with Crippen molar-refractivity contribution < 1.29 is 14.7 Å². The van der Waals surface area contributed by atoms with E-state index < -0.39 is 17.3 Å². The second-order valence-electron chi connectivity index (χ2n) is 4.43. The molecule has 128 valence electrons. The number of carboxylic acid groups (broad SMARTS) is 1. The lowest BCUT2D eigenvalue weighted by Crippen LogP contribution is -2.19. The number of halogens is 2. The maximum absolute atomic E-state index is 11.9. The summed E-state index contributed by atoms with van der Waals surface area (Å²) in [5.74, 6) is -0.912. The molecule has 7 nitrogen and oxygen atoms in total. The Morgan fingerprint density at radius 3 is 2.67 bits per heavy atom. The van der Waals surface area contributed by atoms with Gasteiger partial charge in [-0.1, -0.05) is 53.2 Å². The molecule has 0 aliphatic carbocycles. The lowest BCUT2D eigenvalue weighted by Gasteiger charge is -2.06. The molecule has 3 N–H and O–H groups in total. The first-order valence-electron chi connectivity index (χ1n) is 6.65. The summed E-state index contributed by atoms with van der Waals surface area (Å²) < 4.78 is 0.467. The molecule has 1 heterocycles. The van der Waals surface area contributed by atoms with Crippen molar-refractivity contribution in [2.24, 2.45) is 0 Å². The van der Waals surface area contributed by atoms with Crippen LogP contribution in [-0.2, 0) is 4.79 Å². The Bertz CT molecular complexity index is 757. The molecule has 2 amide bonds. The fraction of sp³-hybridized carbons (Fsp3) is 0.231. The molecular formula is C13H12Cl2N4O3S2. The Balaban J connectivity index is 1.95. The molecule has 0 spiro atoms. The summed E-state index contributed by atoms with van der Waals surface area (Å²) in [6, 6.07) is 4.17. The average molecular weight is 407 g/mol. The number of amides is 2. The Labute approximate surface area is 155 Å². The van der Waals surface area contributed by atoms with Gasteiger partial charge in [0.2, 0.25) is 5.13 Å². The summed E-state index contributed by atoms with van der Waals surface area (Å²) in [7, 11) is 0. The number of benzene rings is 1. The summed E-state index contributed by atoms with van der Waals surface area (Å²) >= 11 is 13.9. The minimum Gasteiger partial charge on any atom is -0.480 e. The van der Waals surface area contributed by atoms with Crippen molar-refractivity contribution in [2.75, 3.05) is 10.6 Å². The first kappa shape index (κ1) is 18.8. The van der Waals surface area contributed by atoms with Crippen LogP contribution in [0.5, 0.6) is 0 Å². The van der Waals surface area contributed by atoms with E-state index in [1.807, 2.05) is 0 Å². The topological polar surface area (TPSA) is 104 Å². The molecule has 0 unspecified atom stereocenters. The molecule has 0 aliphatic rings. The number of hydrogen-bond donors (Lipinski definition) is 3. The minimum atomic E-state index is -0.912. The van der Waals surface area contributed by atoms with E-state index in [0.717, 1.165) is 23.1 Å². The first-order chi connectivity index (χ1) is 11.4. The predicted octanol–water partition coefficient (Wildman–Crippen LogP) is 4.44. The largest absolute Gasteiger partial charge is 0.480 e. The summed E-state index contributed by atoms with van der Waals surface area (Å²) in [4.78, 5) is 22.9. The number of urea groups is 1. The number of carboxylic acids is 1. The highest BCUT2D eigenvalue weighted by Crippen LogP contribution is 2.30. The van der Waals surface area contributed by atoms with Crippen molar-refractivity contribution >= 4 is 69.1 Å². The second kappa shape index (κ2) is 8.52. The van der Waals surface area contributed by atoms with Crippen LogP contribution in [0.4, 0.5) is 15.6 Å². The van der Waals surface area contributed by atoms with Crippen molar-refractivity contribution in [3.05, 3.63) is 28.2 Å². The first-order valence-corrected chi connectivity index (χ1v) is 9.10. The van der Waals surface area contributed by atoms with Gasteiger partial charge in [0.15, 0.2) is 4.34 Å². The molecule has 0 saturated heterocycles. The Hall–Kier alpha value is -1.55. The molecule has 0 bridgehead atoms. The number of nitrogens with one attached hydrogen (secondary N) is 2. The van der Waals surface area contributed by atoms with E-state index in [4.69, 9.17) is 28.3 Å². The van der Waals surface area contributed by atoms with Crippen molar-refractivity contribution in [2.45, 2.75) is 22.9 Å². The van der Waals surface area contributed by atoms with Gasteiger partial charge < -0.3 is 10.4 Å². The fourth-order valence-corrected chi connectivity index (χ4v) is 3.72. The highest BCUT2D eigenvalue weighted by molar-refractivity contribution is 8.02. The Kier molecular flexibility index (Phi) is 6.67. The highest BCUT2D eigenvalue weighted by atomic mass is 35.5. The minimum absolute atomic E-state index is 0.260. The zero-order valence-electron chi connectivity index (χ0n) is 12.2. The quantitative estimate of drug-likeness (QED) is 0.483. The van der Waals surface area contributed by atoms with Crippen LogP contribution in [0.3, 0.4) is 0 Å². The molecule has 2 aromatic rings. The standard InChI is InChI=1S/C13H12Cl2N4O3S2/c1-2-9(10(20)21)23-13-19-18-12(24-13)17-11(22)16-6-3-4-7(14)8(15)5-6/h3-5,9H,2H2,1H3,(H,20,21)(H2,16,17,18,22)/t9-/m1/s1. The number of nitrogens with zero attached hydrogens (tertiary/aromatic N) is 2. The number of carbonyl (C=O) groups excluding carboxylic acids is 1. The van der Waals surface area contributed by atoms with Crippen molar-refractivity contribution in [1.82, 2.24) is 10.2 Å². The van der Waals surface area contributed by atoms with Crippen LogP contribution < -0.4 is 10.6 Å². The molecule has 2 rings (SSSR count). The lowest BCUT2D eigenvalue weighted by atomic mass is 10.3. The van der Waals surface area contributed by atoms with E-state index in [1.165, 1.54) is 6.07 Å². The van der Waals surface area contributed by atoms with Crippen molar-refractivity contribution in [1.29, 1.82) is 0 Å². The number of rotatable bonds is 6. The molecule has 0 radical (unpaired) electrons. The predicted molar refractivity (Wildman–Crippen MR) is 96.6 cm³/mol. The third-order valence-electron chi connectivity index (χ3n) is 2.69. The van der Waals surface area contributed by atoms with Gasteiger partial charge in [0, 0.05) is 5.69 Å². The fourth-order valence-electron chi connectivity index (χ4n) is 1.57. The van der Waals surface area contributed by atoms with Crippen LogP contribution >= 0.6 is 46.3 Å². The lowest BCUT2D eigenvalue weighted by molar-refractivity contribution is -0.136. The maximum atomic E-state index is 11.9. The smallest absolute Gasteiger partial charge is 0.325 e. The number of aromatic nitrogens is 2. The Morgan fingerprint density at radius 2 is 2.04 bits per heavy atom. The van der Waals surface area contributed by atoms with E-state index in [0.29, 0.717) is 26.5 Å². The Morgan fingerprint density at radius 1 is 1.29 bits per heavy atom. The van der Waals surface area contributed by atoms with Crippen LogP contribution in [0.15, 0.2) is 22.5 Å². The van der Waals surface area contributed by atoms with E-state index in [2.05, 4.69) is 20.8 Å². The van der Waals surface area contributed by atoms with Crippen LogP contribution in [0.25, 0.3) is 0 Å². The number of thioether (sulfide) groups is 1. The molecule has 1 aromatic heterocycles. The van der Waals surface area contributed by atoms with Gasteiger partial charge in [0.05, 0.1) is 10.0 Å². The summed E-state index contributed by atoms with van der Waals surface area (Å²) in [5, 5.41) is 22.2. The van der Waals surface area contributed by atoms with Gasteiger partial charge in [-0.3, -0.25) is 10.1 Å². The number of anilines is 2. The van der Waals surface area contributed by atoms with Gasteiger partial charge in [-0.2, -0.15) is 0 Å². The monoisotopic (exact) mass is 406 g/mol. The third-order valence-corrected chi connectivity index (χ3v) is 5.71. The zero-order valence-corrected chi connectivity index (χ0v) is 15.4. The van der Waals surface area contributed by atoms with Gasteiger partial charge in [-0.25, -0.2) is 4.79 Å². The van der Waals surface area contributed by atoms with E-state index in [-0.39, 0.29) is 5.13 Å². The number of hydrogen-bond acceptors (Lipinski definition) is 6. The summed E-state index contributed by atoms with van der Waals surface area (Å²) in [5.41, 5.74) is 0.470. The van der Waals surface area contributed by atoms with E-state index >= 15 is 0 Å².